The smallest absolute Gasteiger partial charge is 0.123 e. The molecule has 0 radical (unpaired) electrons. The highest BCUT2D eigenvalue weighted by molar-refractivity contribution is 5.38. The molecule has 0 spiro atoms. The molecule has 2 unspecified atom stereocenters. The number of benzene rings is 2. The Morgan fingerprint density at radius 2 is 2.00 bits per heavy atom. The number of nitrogens with one attached hydrogen (secondary N) is 1. The Balaban J connectivity index is 2.03. The van der Waals surface area contributed by atoms with Gasteiger partial charge >= 0.3 is 0 Å². The molecule has 1 aliphatic rings. The van der Waals surface area contributed by atoms with Crippen LogP contribution in [0.15, 0.2) is 42.5 Å². The van der Waals surface area contributed by atoms with Crippen LogP contribution in [0.1, 0.15) is 47.1 Å². The van der Waals surface area contributed by atoms with E-state index >= 15 is 0 Å². The number of likely N-dealkylation sites (N-methyl/N-ethyl adjacent to an activating group) is 1. The van der Waals surface area contributed by atoms with E-state index < -0.39 is 0 Å². The lowest BCUT2D eigenvalue weighted by molar-refractivity contribution is 0.422. The van der Waals surface area contributed by atoms with Crippen molar-refractivity contribution in [3.05, 3.63) is 70.5 Å². The van der Waals surface area contributed by atoms with Crippen molar-refractivity contribution >= 4 is 0 Å². The highest BCUT2D eigenvalue weighted by Gasteiger charge is 2.28. The quantitative estimate of drug-likeness (QED) is 0.873. The van der Waals surface area contributed by atoms with Gasteiger partial charge in [-0.05, 0) is 67.6 Å². The maximum Gasteiger partial charge on any atom is 0.123 e. The highest BCUT2D eigenvalue weighted by atomic mass is 19.1. The first-order valence-electron chi connectivity index (χ1n) is 7.72. The minimum absolute atomic E-state index is 0.153. The molecule has 2 aromatic rings. The number of fused-ring (bicyclic) bond motifs is 1. The van der Waals surface area contributed by atoms with Crippen LogP contribution in [0.25, 0.3) is 0 Å². The summed E-state index contributed by atoms with van der Waals surface area (Å²) in [6.07, 6.45) is 3.51. The van der Waals surface area contributed by atoms with Crippen molar-refractivity contribution < 1.29 is 4.39 Å². The molecular formula is C19H22FN. The zero-order valence-corrected chi connectivity index (χ0v) is 12.7. The summed E-state index contributed by atoms with van der Waals surface area (Å²) in [5, 5.41) is 3.43. The number of halogens is 1. The van der Waals surface area contributed by atoms with Gasteiger partial charge in [0.15, 0.2) is 0 Å². The second-order valence-corrected chi connectivity index (χ2v) is 5.96. The molecule has 0 amide bonds. The van der Waals surface area contributed by atoms with Crippen molar-refractivity contribution in [3.8, 4) is 0 Å². The van der Waals surface area contributed by atoms with Gasteiger partial charge in [-0.25, -0.2) is 4.39 Å². The lowest BCUT2D eigenvalue weighted by Gasteiger charge is -2.33. The molecule has 1 N–H and O–H groups in total. The maximum absolute atomic E-state index is 13.7. The highest BCUT2D eigenvalue weighted by Crippen LogP contribution is 2.41. The third-order valence-electron chi connectivity index (χ3n) is 4.71. The molecule has 0 aromatic heterocycles. The van der Waals surface area contributed by atoms with E-state index in [0.717, 1.165) is 24.0 Å². The molecule has 2 heteroatoms. The number of hydrogen-bond donors (Lipinski definition) is 1. The van der Waals surface area contributed by atoms with Crippen LogP contribution in [-0.4, -0.2) is 7.05 Å². The van der Waals surface area contributed by atoms with Crippen molar-refractivity contribution in [2.24, 2.45) is 0 Å². The third kappa shape index (κ3) is 2.73. The number of aryl methyl sites for hydroxylation is 2. The summed E-state index contributed by atoms with van der Waals surface area (Å²) >= 11 is 0. The Kier molecular flexibility index (Phi) is 4.07. The molecule has 1 aliphatic carbocycles. The summed E-state index contributed by atoms with van der Waals surface area (Å²) in [5.41, 5.74) is 5.10. The molecule has 0 aliphatic heterocycles. The average Bonchev–Trinajstić information content (AvgIpc) is 2.51. The van der Waals surface area contributed by atoms with Crippen LogP contribution in [0.5, 0.6) is 0 Å². The predicted molar refractivity (Wildman–Crippen MR) is 85.1 cm³/mol. The van der Waals surface area contributed by atoms with Gasteiger partial charge in [0.25, 0.3) is 0 Å². The van der Waals surface area contributed by atoms with Gasteiger partial charge in [-0.15, -0.1) is 0 Å². The second-order valence-electron chi connectivity index (χ2n) is 5.96. The normalized spacial score (nSPS) is 19.1. The van der Waals surface area contributed by atoms with Crippen LogP contribution in [0.2, 0.25) is 0 Å². The minimum Gasteiger partial charge on any atom is -0.312 e. The Hall–Kier alpha value is -1.67. The molecule has 2 atom stereocenters. The third-order valence-corrected chi connectivity index (χ3v) is 4.71. The molecule has 110 valence electrons. The van der Waals surface area contributed by atoms with Crippen molar-refractivity contribution in [2.75, 3.05) is 7.05 Å². The van der Waals surface area contributed by atoms with E-state index in [1.54, 1.807) is 12.1 Å². The summed E-state index contributed by atoms with van der Waals surface area (Å²) < 4.78 is 13.7. The van der Waals surface area contributed by atoms with Gasteiger partial charge in [0, 0.05) is 12.0 Å². The van der Waals surface area contributed by atoms with Crippen LogP contribution in [-0.2, 0) is 6.42 Å². The Bertz CT molecular complexity index is 635. The standard InChI is InChI=1S/C19H22FN/c1-13-10-11-15(20)12-18(13)19(21-2)17-9-5-7-14-6-3-4-8-16(14)17/h3-4,6,8,10-12,17,19,21H,5,7,9H2,1-2H3. The summed E-state index contributed by atoms with van der Waals surface area (Å²) in [7, 11) is 1.98. The van der Waals surface area contributed by atoms with E-state index in [-0.39, 0.29) is 11.9 Å². The average molecular weight is 283 g/mol. The van der Waals surface area contributed by atoms with Gasteiger partial charge in [-0.3, -0.25) is 0 Å². The fourth-order valence-electron chi connectivity index (χ4n) is 3.66. The Labute approximate surface area is 126 Å². The van der Waals surface area contributed by atoms with Gasteiger partial charge in [0.1, 0.15) is 5.82 Å². The SMILES string of the molecule is CNC(c1cc(F)ccc1C)C1CCCc2ccccc21. The van der Waals surface area contributed by atoms with Crippen molar-refractivity contribution in [3.63, 3.8) is 0 Å². The zero-order chi connectivity index (χ0) is 14.8. The first-order valence-corrected chi connectivity index (χ1v) is 7.72. The molecule has 0 saturated carbocycles. The lowest BCUT2D eigenvalue weighted by atomic mass is 9.76. The van der Waals surface area contributed by atoms with E-state index in [1.165, 1.54) is 17.5 Å². The van der Waals surface area contributed by atoms with E-state index in [2.05, 4.69) is 36.5 Å². The minimum atomic E-state index is -0.153. The Morgan fingerprint density at radius 3 is 2.81 bits per heavy atom. The molecular weight excluding hydrogens is 261 g/mol. The van der Waals surface area contributed by atoms with Gasteiger partial charge in [-0.2, -0.15) is 0 Å². The van der Waals surface area contributed by atoms with Gasteiger partial charge in [-0.1, -0.05) is 30.3 Å². The first-order chi connectivity index (χ1) is 10.2. The largest absolute Gasteiger partial charge is 0.312 e. The van der Waals surface area contributed by atoms with Crippen LogP contribution < -0.4 is 5.32 Å². The van der Waals surface area contributed by atoms with Crippen LogP contribution in [0.4, 0.5) is 4.39 Å². The molecule has 2 aromatic carbocycles. The van der Waals surface area contributed by atoms with Gasteiger partial charge < -0.3 is 5.32 Å². The predicted octanol–water partition coefficient (Wildman–Crippen LogP) is 4.51. The van der Waals surface area contributed by atoms with E-state index in [4.69, 9.17) is 0 Å². The van der Waals surface area contributed by atoms with Gasteiger partial charge in [0.2, 0.25) is 0 Å². The molecule has 1 nitrogen and oxygen atoms in total. The molecule has 0 heterocycles. The van der Waals surface area contributed by atoms with Crippen molar-refractivity contribution in [1.29, 1.82) is 0 Å². The molecule has 21 heavy (non-hydrogen) atoms. The van der Waals surface area contributed by atoms with Crippen molar-refractivity contribution in [1.82, 2.24) is 5.32 Å². The summed E-state index contributed by atoms with van der Waals surface area (Å²) in [4.78, 5) is 0. The molecule has 3 rings (SSSR count). The zero-order valence-electron chi connectivity index (χ0n) is 12.7. The maximum atomic E-state index is 13.7. The first kappa shape index (κ1) is 14.3. The summed E-state index contributed by atoms with van der Waals surface area (Å²) in [6, 6.07) is 14.0. The molecule has 0 bridgehead atoms. The second kappa shape index (κ2) is 5.98. The van der Waals surface area contributed by atoms with Crippen LogP contribution in [0, 0.1) is 12.7 Å². The fraction of sp³-hybridized carbons (Fsp3) is 0.368. The van der Waals surface area contributed by atoms with Gasteiger partial charge in [0.05, 0.1) is 0 Å². The summed E-state index contributed by atoms with van der Waals surface area (Å²) in [6.45, 7) is 2.06. The van der Waals surface area contributed by atoms with E-state index in [1.807, 2.05) is 13.1 Å². The lowest BCUT2D eigenvalue weighted by Crippen LogP contribution is -2.27. The van der Waals surface area contributed by atoms with E-state index in [0.29, 0.717) is 5.92 Å². The molecule has 0 saturated heterocycles. The number of hydrogen-bond acceptors (Lipinski definition) is 1. The molecule has 0 fully saturated rings. The van der Waals surface area contributed by atoms with Crippen LogP contribution in [0.3, 0.4) is 0 Å². The summed E-state index contributed by atoms with van der Waals surface area (Å²) in [5.74, 6) is 0.264. The van der Waals surface area contributed by atoms with E-state index in [9.17, 15) is 4.39 Å². The van der Waals surface area contributed by atoms with Crippen LogP contribution >= 0.6 is 0 Å². The topological polar surface area (TPSA) is 12.0 Å². The fourth-order valence-corrected chi connectivity index (χ4v) is 3.66. The monoisotopic (exact) mass is 283 g/mol. The van der Waals surface area contributed by atoms with Crippen molar-refractivity contribution in [2.45, 2.75) is 38.1 Å². The Morgan fingerprint density at radius 1 is 1.19 bits per heavy atom. The number of rotatable bonds is 3.